The smallest absolute Gasteiger partial charge is 0.323 e. The molecule has 3 N–H and O–H groups in total. The van der Waals surface area contributed by atoms with Crippen LogP contribution in [-0.2, 0) is 6.61 Å². The van der Waals surface area contributed by atoms with E-state index in [1.807, 2.05) is 0 Å². The van der Waals surface area contributed by atoms with Gasteiger partial charge in [0.05, 0.1) is 6.61 Å². The first-order chi connectivity index (χ1) is 9.97. The van der Waals surface area contributed by atoms with Crippen molar-refractivity contribution in [1.29, 1.82) is 0 Å². The fourth-order valence-electron chi connectivity index (χ4n) is 1.71. The number of halogens is 3. The Morgan fingerprint density at radius 1 is 1.10 bits per heavy atom. The van der Waals surface area contributed by atoms with Gasteiger partial charge in [-0.3, -0.25) is 0 Å². The second-order valence-electron chi connectivity index (χ2n) is 4.20. The van der Waals surface area contributed by atoms with Crippen LogP contribution in [0.2, 0.25) is 5.02 Å². The molecular formula is C14H11ClF2N2O2. The Balaban J connectivity index is 2.13. The molecule has 0 fully saturated rings. The molecule has 2 amide bonds. The van der Waals surface area contributed by atoms with Gasteiger partial charge in [0.15, 0.2) is 0 Å². The Hall–Kier alpha value is -2.18. The Kier molecular flexibility index (Phi) is 4.72. The molecule has 0 unspecified atom stereocenters. The summed E-state index contributed by atoms with van der Waals surface area (Å²) in [7, 11) is 0. The zero-order valence-corrected chi connectivity index (χ0v) is 11.4. The van der Waals surface area contributed by atoms with Crippen LogP contribution in [0, 0.1) is 11.6 Å². The maximum atomic E-state index is 13.0. The van der Waals surface area contributed by atoms with E-state index in [2.05, 4.69) is 10.6 Å². The molecule has 0 aromatic heterocycles. The summed E-state index contributed by atoms with van der Waals surface area (Å²) in [6.07, 6.45) is 0. The predicted octanol–water partition coefficient (Wildman–Crippen LogP) is 3.75. The first-order valence-corrected chi connectivity index (χ1v) is 6.29. The molecule has 110 valence electrons. The number of carbonyl (C=O) groups excluding carboxylic acids is 1. The Morgan fingerprint density at radius 3 is 2.38 bits per heavy atom. The fraction of sp³-hybridized carbons (Fsp3) is 0.0714. The first kappa shape index (κ1) is 15.2. The van der Waals surface area contributed by atoms with Gasteiger partial charge in [-0.15, -0.1) is 0 Å². The minimum atomic E-state index is -0.802. The lowest BCUT2D eigenvalue weighted by atomic mass is 10.2. The summed E-state index contributed by atoms with van der Waals surface area (Å²) >= 11 is 5.81. The first-order valence-electron chi connectivity index (χ1n) is 5.91. The molecule has 2 rings (SSSR count). The monoisotopic (exact) mass is 312 g/mol. The highest BCUT2D eigenvalue weighted by atomic mass is 35.5. The maximum absolute atomic E-state index is 13.0. The number of aliphatic hydroxyl groups excluding tert-OH is 1. The predicted molar refractivity (Wildman–Crippen MR) is 76.4 cm³/mol. The summed E-state index contributed by atoms with van der Waals surface area (Å²) < 4.78 is 26.0. The highest BCUT2D eigenvalue weighted by Gasteiger charge is 2.09. The SMILES string of the molecule is O=C(Nc1cc(F)cc(F)c1)Nc1cc(Cl)ccc1CO. The van der Waals surface area contributed by atoms with Gasteiger partial charge in [-0.1, -0.05) is 17.7 Å². The summed E-state index contributed by atoms with van der Waals surface area (Å²) in [6.45, 7) is -0.290. The van der Waals surface area contributed by atoms with Crippen LogP contribution in [-0.4, -0.2) is 11.1 Å². The summed E-state index contributed by atoms with van der Waals surface area (Å²) in [6, 6.07) is 6.53. The quantitative estimate of drug-likeness (QED) is 0.808. The van der Waals surface area contributed by atoms with Crippen molar-refractivity contribution < 1.29 is 18.7 Å². The number of rotatable bonds is 3. The van der Waals surface area contributed by atoms with Gasteiger partial charge in [-0.25, -0.2) is 13.6 Å². The Bertz CT molecular complexity index is 660. The van der Waals surface area contributed by atoms with Crippen LogP contribution in [0.15, 0.2) is 36.4 Å². The number of carbonyl (C=O) groups is 1. The molecule has 0 radical (unpaired) electrons. The zero-order valence-electron chi connectivity index (χ0n) is 10.7. The number of hydrogen-bond donors (Lipinski definition) is 3. The van der Waals surface area contributed by atoms with Crippen molar-refractivity contribution in [1.82, 2.24) is 0 Å². The van der Waals surface area contributed by atoms with Gasteiger partial charge in [0.25, 0.3) is 0 Å². The van der Waals surface area contributed by atoms with Crippen LogP contribution in [0.25, 0.3) is 0 Å². The molecule has 0 aliphatic heterocycles. The average Bonchev–Trinajstić information content (AvgIpc) is 2.37. The van der Waals surface area contributed by atoms with Crippen molar-refractivity contribution in [3.05, 3.63) is 58.6 Å². The molecule has 0 saturated carbocycles. The highest BCUT2D eigenvalue weighted by molar-refractivity contribution is 6.31. The van der Waals surface area contributed by atoms with Gasteiger partial charge in [0, 0.05) is 28.0 Å². The lowest BCUT2D eigenvalue weighted by Gasteiger charge is -2.11. The molecule has 0 bridgehead atoms. The van der Waals surface area contributed by atoms with Crippen molar-refractivity contribution in [3.63, 3.8) is 0 Å². The fourth-order valence-corrected chi connectivity index (χ4v) is 1.89. The molecule has 2 aromatic carbocycles. The van der Waals surface area contributed by atoms with Crippen molar-refractivity contribution >= 4 is 29.0 Å². The lowest BCUT2D eigenvalue weighted by molar-refractivity contribution is 0.262. The van der Waals surface area contributed by atoms with E-state index in [-0.39, 0.29) is 12.3 Å². The number of urea groups is 1. The molecule has 0 spiro atoms. The maximum Gasteiger partial charge on any atom is 0.323 e. The third-order valence-corrected chi connectivity index (χ3v) is 2.85. The van der Waals surface area contributed by atoms with Crippen molar-refractivity contribution in [2.45, 2.75) is 6.61 Å². The van der Waals surface area contributed by atoms with E-state index < -0.39 is 17.7 Å². The van der Waals surface area contributed by atoms with Gasteiger partial charge in [-0.05, 0) is 24.3 Å². The summed E-state index contributed by atoms with van der Waals surface area (Å²) in [5, 5.41) is 14.3. The van der Waals surface area contributed by atoms with Gasteiger partial charge >= 0.3 is 6.03 Å². The van der Waals surface area contributed by atoms with Crippen LogP contribution in [0.3, 0.4) is 0 Å². The molecule has 0 heterocycles. The van der Waals surface area contributed by atoms with E-state index in [1.165, 1.54) is 6.07 Å². The van der Waals surface area contributed by atoms with Gasteiger partial charge < -0.3 is 15.7 Å². The summed E-state index contributed by atoms with van der Waals surface area (Å²) in [5.41, 5.74) is 0.733. The number of hydrogen-bond acceptors (Lipinski definition) is 2. The number of aliphatic hydroxyl groups is 1. The second kappa shape index (κ2) is 6.51. The van der Waals surface area contributed by atoms with Crippen molar-refractivity contribution in [2.75, 3.05) is 10.6 Å². The van der Waals surface area contributed by atoms with Crippen LogP contribution in [0.5, 0.6) is 0 Å². The lowest BCUT2D eigenvalue weighted by Crippen LogP contribution is -2.20. The van der Waals surface area contributed by atoms with Gasteiger partial charge in [-0.2, -0.15) is 0 Å². The van der Waals surface area contributed by atoms with Gasteiger partial charge in [0.2, 0.25) is 0 Å². The van der Waals surface area contributed by atoms with Crippen LogP contribution in [0.4, 0.5) is 25.0 Å². The third kappa shape index (κ3) is 4.14. The molecule has 0 aliphatic carbocycles. The Labute approximate surface area is 124 Å². The molecule has 4 nitrogen and oxygen atoms in total. The minimum Gasteiger partial charge on any atom is -0.392 e. The average molecular weight is 313 g/mol. The molecule has 2 aromatic rings. The second-order valence-corrected chi connectivity index (χ2v) is 4.63. The van der Waals surface area contributed by atoms with Crippen molar-refractivity contribution in [3.8, 4) is 0 Å². The zero-order chi connectivity index (χ0) is 15.4. The van der Waals surface area contributed by atoms with E-state index in [0.717, 1.165) is 12.1 Å². The largest absolute Gasteiger partial charge is 0.392 e. The van der Waals surface area contributed by atoms with Crippen LogP contribution in [0.1, 0.15) is 5.56 Å². The van der Waals surface area contributed by atoms with Crippen molar-refractivity contribution in [2.24, 2.45) is 0 Å². The molecular weight excluding hydrogens is 302 g/mol. The van der Waals surface area contributed by atoms with E-state index >= 15 is 0 Å². The standard InChI is InChI=1S/C14H11ClF2N2O2/c15-9-2-1-8(7-20)13(3-9)19-14(21)18-12-5-10(16)4-11(17)6-12/h1-6,20H,7H2,(H2,18,19,21). The number of nitrogens with one attached hydrogen (secondary N) is 2. The van der Waals surface area contributed by atoms with E-state index in [9.17, 15) is 18.7 Å². The molecule has 7 heteroatoms. The summed E-state index contributed by atoms with van der Waals surface area (Å²) in [5.74, 6) is -1.60. The van der Waals surface area contributed by atoms with E-state index in [0.29, 0.717) is 22.3 Å². The van der Waals surface area contributed by atoms with Crippen LogP contribution < -0.4 is 10.6 Å². The molecule has 0 saturated heterocycles. The minimum absolute atomic E-state index is 0.0300. The molecule has 0 aliphatic rings. The number of anilines is 2. The molecule has 21 heavy (non-hydrogen) atoms. The molecule has 0 atom stereocenters. The topological polar surface area (TPSA) is 61.4 Å². The Morgan fingerprint density at radius 2 is 1.76 bits per heavy atom. The summed E-state index contributed by atoms with van der Waals surface area (Å²) in [4.78, 5) is 11.8. The number of amides is 2. The van der Waals surface area contributed by atoms with Gasteiger partial charge in [0.1, 0.15) is 11.6 Å². The van der Waals surface area contributed by atoms with E-state index in [4.69, 9.17) is 11.6 Å². The van der Waals surface area contributed by atoms with E-state index in [1.54, 1.807) is 12.1 Å². The number of benzene rings is 2. The highest BCUT2D eigenvalue weighted by Crippen LogP contribution is 2.21. The third-order valence-electron chi connectivity index (χ3n) is 2.61. The van der Waals surface area contributed by atoms with Crippen LogP contribution >= 0.6 is 11.6 Å². The normalized spacial score (nSPS) is 10.3.